The molecular formula is C28H33N3O3. The van der Waals surface area contributed by atoms with Gasteiger partial charge in [-0.3, -0.25) is 14.2 Å². The summed E-state index contributed by atoms with van der Waals surface area (Å²) in [6.45, 7) is 5.16. The van der Waals surface area contributed by atoms with Gasteiger partial charge < -0.3 is 10.0 Å². The molecule has 1 aliphatic heterocycles. The average molecular weight is 460 g/mol. The molecule has 2 heterocycles. The molecule has 1 aliphatic rings. The minimum atomic E-state index is -0.456. The lowest BCUT2D eigenvalue weighted by Crippen LogP contribution is -2.38. The lowest BCUT2D eigenvalue weighted by molar-refractivity contribution is 0.0783. The van der Waals surface area contributed by atoms with E-state index in [0.717, 1.165) is 24.8 Å². The monoisotopic (exact) mass is 459 g/mol. The Morgan fingerprint density at radius 2 is 1.76 bits per heavy atom. The van der Waals surface area contributed by atoms with Crippen molar-refractivity contribution < 1.29 is 9.90 Å². The molecule has 1 amide bonds. The number of benzene rings is 2. The van der Waals surface area contributed by atoms with E-state index in [-0.39, 0.29) is 17.5 Å². The third-order valence-electron chi connectivity index (χ3n) is 6.77. The van der Waals surface area contributed by atoms with Gasteiger partial charge in [0.15, 0.2) is 5.56 Å². The molecule has 0 unspecified atom stereocenters. The van der Waals surface area contributed by atoms with E-state index >= 15 is 0 Å². The molecule has 2 atom stereocenters. The number of nitrogens with zero attached hydrogens (tertiary/aromatic N) is 3. The molecule has 6 heteroatoms. The zero-order chi connectivity index (χ0) is 24.1. The van der Waals surface area contributed by atoms with Gasteiger partial charge in [-0.25, -0.2) is 0 Å². The number of aromatic nitrogens is 2. The Balaban J connectivity index is 1.72. The smallest absolute Gasteiger partial charge is 0.270 e. The van der Waals surface area contributed by atoms with Crippen LogP contribution in [0, 0.1) is 0 Å². The van der Waals surface area contributed by atoms with Crippen molar-refractivity contribution in [2.24, 2.45) is 0 Å². The number of unbranched alkanes of at least 4 members (excludes halogenated alkanes) is 1. The largest absolute Gasteiger partial charge is 0.493 e. The standard InChI is InChI=1S/C28H33N3O3/c1-3-5-16-24-29-26(32)25(28(34)31(24)23(4-2)21-14-10-7-11-15-21)27(33)30-18-17-22(19-30)20-12-8-6-9-13-20/h6-15,22-23,32H,3-5,16-19H2,1-2H3/t22-,23+/m0/s1. The van der Waals surface area contributed by atoms with Crippen molar-refractivity contribution in [1.82, 2.24) is 14.5 Å². The number of aromatic hydroxyl groups is 1. The van der Waals surface area contributed by atoms with Crippen LogP contribution in [0.15, 0.2) is 65.5 Å². The number of carbonyl (C=O) groups excluding carboxylic acids is 1. The summed E-state index contributed by atoms with van der Waals surface area (Å²) in [4.78, 5) is 33.4. The van der Waals surface area contributed by atoms with E-state index in [1.165, 1.54) is 5.56 Å². The van der Waals surface area contributed by atoms with Crippen LogP contribution in [0.2, 0.25) is 0 Å². The van der Waals surface area contributed by atoms with Gasteiger partial charge in [-0.15, -0.1) is 0 Å². The van der Waals surface area contributed by atoms with Gasteiger partial charge in [0.1, 0.15) is 5.82 Å². The van der Waals surface area contributed by atoms with Crippen LogP contribution in [0.4, 0.5) is 0 Å². The minimum absolute atomic E-state index is 0.219. The summed E-state index contributed by atoms with van der Waals surface area (Å²) in [5.74, 6) is -0.144. The molecule has 2 aromatic carbocycles. The SMILES string of the molecule is CCCCc1nc(O)c(C(=O)N2CC[C@H](c3ccccc3)C2)c(=O)n1[C@H](CC)c1ccccc1. The molecule has 34 heavy (non-hydrogen) atoms. The predicted molar refractivity (Wildman–Crippen MR) is 133 cm³/mol. The van der Waals surface area contributed by atoms with Crippen LogP contribution >= 0.6 is 0 Å². The Labute approximate surface area is 200 Å². The molecule has 178 valence electrons. The Hall–Kier alpha value is -3.41. The molecule has 1 aromatic heterocycles. The normalized spacial score (nSPS) is 16.5. The highest BCUT2D eigenvalue weighted by molar-refractivity contribution is 5.96. The molecule has 0 saturated carbocycles. The van der Waals surface area contributed by atoms with Crippen molar-refractivity contribution >= 4 is 5.91 Å². The lowest BCUT2D eigenvalue weighted by atomic mass is 9.99. The van der Waals surface area contributed by atoms with Crippen LogP contribution in [-0.2, 0) is 6.42 Å². The van der Waals surface area contributed by atoms with Gasteiger partial charge in [0.2, 0.25) is 5.88 Å². The number of carbonyl (C=O) groups is 1. The second kappa shape index (κ2) is 10.7. The molecule has 6 nitrogen and oxygen atoms in total. The summed E-state index contributed by atoms with van der Waals surface area (Å²) in [5, 5.41) is 10.8. The van der Waals surface area contributed by atoms with Gasteiger partial charge in [-0.1, -0.05) is 80.9 Å². The van der Waals surface area contributed by atoms with Gasteiger partial charge in [-0.05, 0) is 30.4 Å². The lowest BCUT2D eigenvalue weighted by Gasteiger charge is -2.24. The number of hydrogen-bond donors (Lipinski definition) is 1. The van der Waals surface area contributed by atoms with E-state index in [1.807, 2.05) is 55.5 Å². The highest BCUT2D eigenvalue weighted by Crippen LogP contribution is 2.29. The van der Waals surface area contributed by atoms with Gasteiger partial charge in [0.05, 0.1) is 6.04 Å². The number of aryl methyl sites for hydroxylation is 1. The first-order valence-electron chi connectivity index (χ1n) is 12.3. The fraction of sp³-hybridized carbons (Fsp3) is 0.393. The van der Waals surface area contributed by atoms with Crippen LogP contribution in [0.1, 0.15) is 78.8 Å². The van der Waals surface area contributed by atoms with Gasteiger partial charge in [-0.2, -0.15) is 4.98 Å². The summed E-state index contributed by atoms with van der Waals surface area (Å²) in [7, 11) is 0. The quantitative estimate of drug-likeness (QED) is 0.519. The molecule has 1 N–H and O–H groups in total. The van der Waals surface area contributed by atoms with E-state index in [1.54, 1.807) is 9.47 Å². The van der Waals surface area contributed by atoms with Crippen LogP contribution in [0.5, 0.6) is 5.88 Å². The second-order valence-corrected chi connectivity index (χ2v) is 8.99. The predicted octanol–water partition coefficient (Wildman–Crippen LogP) is 4.92. The maximum Gasteiger partial charge on any atom is 0.270 e. The van der Waals surface area contributed by atoms with Crippen molar-refractivity contribution in [3.63, 3.8) is 0 Å². The summed E-state index contributed by atoms with van der Waals surface area (Å²) >= 11 is 0. The third-order valence-corrected chi connectivity index (χ3v) is 6.77. The molecule has 1 saturated heterocycles. The van der Waals surface area contributed by atoms with Gasteiger partial charge >= 0.3 is 0 Å². The molecule has 3 aromatic rings. The highest BCUT2D eigenvalue weighted by Gasteiger charge is 2.33. The first-order valence-corrected chi connectivity index (χ1v) is 12.3. The van der Waals surface area contributed by atoms with E-state index in [2.05, 4.69) is 24.0 Å². The summed E-state index contributed by atoms with van der Waals surface area (Å²) in [6.07, 6.45) is 3.84. The van der Waals surface area contributed by atoms with E-state index < -0.39 is 17.3 Å². The van der Waals surface area contributed by atoms with Gasteiger partial charge in [0.25, 0.3) is 11.5 Å². The van der Waals surface area contributed by atoms with Crippen LogP contribution in [0.3, 0.4) is 0 Å². The maximum absolute atomic E-state index is 13.8. The zero-order valence-electron chi connectivity index (χ0n) is 20.0. The molecular weight excluding hydrogens is 426 g/mol. The zero-order valence-corrected chi connectivity index (χ0v) is 20.0. The molecule has 0 aliphatic carbocycles. The third kappa shape index (κ3) is 4.76. The van der Waals surface area contributed by atoms with Gasteiger partial charge in [0, 0.05) is 25.4 Å². The summed E-state index contributed by atoms with van der Waals surface area (Å²) < 4.78 is 1.64. The second-order valence-electron chi connectivity index (χ2n) is 8.99. The van der Waals surface area contributed by atoms with E-state index in [4.69, 9.17) is 0 Å². The summed E-state index contributed by atoms with van der Waals surface area (Å²) in [6, 6.07) is 19.7. The first-order chi connectivity index (χ1) is 16.5. The Bertz CT molecular complexity index is 1170. The van der Waals surface area contributed by atoms with Crippen molar-refractivity contribution in [2.45, 2.75) is 57.9 Å². The Morgan fingerprint density at radius 3 is 2.41 bits per heavy atom. The minimum Gasteiger partial charge on any atom is -0.493 e. The van der Waals surface area contributed by atoms with Crippen molar-refractivity contribution in [3.8, 4) is 5.88 Å². The Morgan fingerprint density at radius 1 is 1.09 bits per heavy atom. The Kier molecular flexibility index (Phi) is 7.46. The summed E-state index contributed by atoms with van der Waals surface area (Å²) in [5.41, 5.74) is 1.49. The average Bonchev–Trinajstić information content (AvgIpc) is 3.36. The molecule has 4 rings (SSSR count). The fourth-order valence-electron chi connectivity index (χ4n) is 4.93. The van der Waals surface area contributed by atoms with Crippen LogP contribution < -0.4 is 5.56 Å². The molecule has 0 radical (unpaired) electrons. The topological polar surface area (TPSA) is 75.4 Å². The van der Waals surface area contributed by atoms with E-state index in [9.17, 15) is 14.7 Å². The number of amides is 1. The highest BCUT2D eigenvalue weighted by atomic mass is 16.3. The fourth-order valence-corrected chi connectivity index (χ4v) is 4.93. The van der Waals surface area contributed by atoms with E-state index in [0.29, 0.717) is 31.8 Å². The van der Waals surface area contributed by atoms with Crippen molar-refractivity contribution in [2.75, 3.05) is 13.1 Å². The molecule has 1 fully saturated rings. The number of likely N-dealkylation sites (tertiary alicyclic amines) is 1. The first kappa shape index (κ1) is 23.7. The van der Waals surface area contributed by atoms with Crippen LogP contribution in [-0.4, -0.2) is 38.6 Å². The molecule has 0 spiro atoms. The number of hydrogen-bond acceptors (Lipinski definition) is 4. The van der Waals surface area contributed by atoms with Crippen molar-refractivity contribution in [3.05, 3.63) is 93.5 Å². The number of rotatable bonds is 8. The maximum atomic E-state index is 13.8. The molecule has 0 bridgehead atoms. The van der Waals surface area contributed by atoms with Crippen LogP contribution in [0.25, 0.3) is 0 Å². The van der Waals surface area contributed by atoms with Crippen molar-refractivity contribution in [1.29, 1.82) is 0 Å².